The van der Waals surface area contributed by atoms with E-state index in [4.69, 9.17) is 9.72 Å². The summed E-state index contributed by atoms with van der Waals surface area (Å²) >= 11 is 0. The van der Waals surface area contributed by atoms with Crippen LogP contribution >= 0.6 is 0 Å². The Labute approximate surface area is 199 Å². The molecule has 0 spiro atoms. The van der Waals surface area contributed by atoms with Gasteiger partial charge in [0.1, 0.15) is 23.7 Å². The highest BCUT2D eigenvalue weighted by molar-refractivity contribution is 6.69. The number of aryl methyl sites for hydroxylation is 1. The lowest BCUT2D eigenvalue weighted by molar-refractivity contribution is -0.0172. The van der Waals surface area contributed by atoms with E-state index in [1.165, 1.54) is 0 Å². The van der Waals surface area contributed by atoms with Crippen LogP contribution in [0, 0.1) is 0 Å². The highest BCUT2D eigenvalue weighted by Gasteiger charge is 2.41. The van der Waals surface area contributed by atoms with E-state index in [0.29, 0.717) is 36.2 Å². The number of rotatable bonds is 5. The molecule has 0 bridgehead atoms. The molecule has 0 saturated carbocycles. The molecule has 2 aromatic heterocycles. The van der Waals surface area contributed by atoms with Crippen molar-refractivity contribution in [3.63, 3.8) is 0 Å². The van der Waals surface area contributed by atoms with E-state index in [1.54, 1.807) is 22.8 Å². The van der Waals surface area contributed by atoms with Gasteiger partial charge in [-0.05, 0) is 68.2 Å². The molecule has 0 saturated heterocycles. The molecule has 2 aliphatic heterocycles. The van der Waals surface area contributed by atoms with Gasteiger partial charge in [0.25, 0.3) is 5.56 Å². The first-order valence-electron chi connectivity index (χ1n) is 11.7. The Morgan fingerprint density at radius 2 is 2.03 bits per heavy atom. The molecule has 34 heavy (non-hydrogen) atoms. The van der Waals surface area contributed by atoms with Crippen molar-refractivity contribution in [3.05, 3.63) is 69.2 Å². The highest BCUT2D eigenvalue weighted by atomic mass is 28.4. The predicted molar refractivity (Wildman–Crippen MR) is 133 cm³/mol. The molecule has 2 aliphatic rings. The van der Waals surface area contributed by atoms with Crippen molar-refractivity contribution in [2.24, 2.45) is 0 Å². The first kappa shape index (κ1) is 22.8. The fraction of sp³-hybridized carbons (Fsp3) is 0.385. The third-order valence-electron chi connectivity index (χ3n) is 7.17. The number of ether oxygens (including phenoxy) is 1. The fourth-order valence-corrected chi connectivity index (χ4v) is 6.29. The van der Waals surface area contributed by atoms with Crippen LogP contribution in [-0.4, -0.2) is 32.9 Å². The van der Waals surface area contributed by atoms with Crippen molar-refractivity contribution >= 4 is 19.2 Å². The molecule has 0 unspecified atom stereocenters. The Hall–Kier alpha value is -2.94. The summed E-state index contributed by atoms with van der Waals surface area (Å²) in [5.41, 5.74) is 3.51. The SMILES string of the molecule is C=C1OCc2c(cc3n(c2=O)Cc2c-3nc3ccc(O)cc3c2CCC[Si](C)(C)O)[C@@]1(O)CC. The van der Waals surface area contributed by atoms with E-state index in [9.17, 15) is 19.8 Å². The quantitative estimate of drug-likeness (QED) is 0.376. The zero-order chi connectivity index (χ0) is 24.4. The molecule has 0 amide bonds. The number of aromatic hydroxyl groups is 1. The molecular weight excluding hydrogens is 448 g/mol. The van der Waals surface area contributed by atoms with Gasteiger partial charge in [-0.1, -0.05) is 13.5 Å². The van der Waals surface area contributed by atoms with Crippen molar-refractivity contribution in [1.29, 1.82) is 0 Å². The first-order valence-corrected chi connectivity index (χ1v) is 14.9. The lowest BCUT2D eigenvalue weighted by Crippen LogP contribution is -2.38. The van der Waals surface area contributed by atoms with Gasteiger partial charge in [-0.25, -0.2) is 4.98 Å². The van der Waals surface area contributed by atoms with E-state index >= 15 is 0 Å². The minimum atomic E-state index is -2.20. The van der Waals surface area contributed by atoms with Crippen LogP contribution in [0.15, 0.2) is 41.4 Å². The number of hydrogen-bond donors (Lipinski definition) is 3. The summed E-state index contributed by atoms with van der Waals surface area (Å²) in [5, 5.41) is 22.3. The maximum absolute atomic E-state index is 13.5. The van der Waals surface area contributed by atoms with Gasteiger partial charge in [0.15, 0.2) is 8.32 Å². The van der Waals surface area contributed by atoms with Crippen LogP contribution in [0.4, 0.5) is 0 Å². The monoisotopic (exact) mass is 478 g/mol. The van der Waals surface area contributed by atoms with Crippen molar-refractivity contribution in [2.45, 2.75) is 64.1 Å². The molecule has 7 nitrogen and oxygen atoms in total. The van der Waals surface area contributed by atoms with Crippen molar-refractivity contribution in [2.75, 3.05) is 0 Å². The molecular formula is C26H30N2O5Si. The van der Waals surface area contributed by atoms with E-state index in [0.717, 1.165) is 40.2 Å². The minimum absolute atomic E-state index is 0.0816. The van der Waals surface area contributed by atoms with Crippen LogP contribution < -0.4 is 5.56 Å². The zero-order valence-electron chi connectivity index (χ0n) is 19.8. The average molecular weight is 479 g/mol. The summed E-state index contributed by atoms with van der Waals surface area (Å²) in [6.07, 6.45) is 1.86. The lowest BCUT2D eigenvalue weighted by Gasteiger charge is -2.35. The Bertz CT molecular complexity index is 1410. The zero-order valence-corrected chi connectivity index (χ0v) is 20.8. The van der Waals surface area contributed by atoms with Gasteiger partial charge < -0.3 is 24.3 Å². The molecule has 1 atom stereocenters. The smallest absolute Gasteiger partial charge is 0.258 e. The van der Waals surface area contributed by atoms with Gasteiger partial charge in [-0.3, -0.25) is 4.79 Å². The molecule has 0 radical (unpaired) electrons. The van der Waals surface area contributed by atoms with Crippen LogP contribution in [0.2, 0.25) is 19.1 Å². The molecule has 4 heterocycles. The molecule has 1 aromatic carbocycles. The summed E-state index contributed by atoms with van der Waals surface area (Å²) in [7, 11) is -2.20. The normalized spacial score (nSPS) is 19.0. The number of hydrogen-bond acceptors (Lipinski definition) is 6. The number of aromatic nitrogens is 2. The van der Waals surface area contributed by atoms with E-state index < -0.39 is 13.9 Å². The van der Waals surface area contributed by atoms with Crippen LogP contribution in [0.1, 0.15) is 42.0 Å². The topological polar surface area (TPSA) is 105 Å². The largest absolute Gasteiger partial charge is 0.508 e. The number of phenolic OH excluding ortho intramolecular Hbond substituents is 1. The number of aliphatic hydroxyl groups is 1. The second-order valence-corrected chi connectivity index (χ2v) is 14.1. The van der Waals surface area contributed by atoms with Crippen molar-refractivity contribution < 1.29 is 19.7 Å². The number of fused-ring (bicyclic) bond motifs is 5. The second-order valence-electron chi connectivity index (χ2n) is 10.0. The van der Waals surface area contributed by atoms with Gasteiger partial charge in [0.05, 0.1) is 29.0 Å². The van der Waals surface area contributed by atoms with Gasteiger partial charge in [-0.2, -0.15) is 0 Å². The molecule has 3 N–H and O–H groups in total. The van der Waals surface area contributed by atoms with E-state index in [1.807, 2.05) is 26.1 Å². The summed E-state index contributed by atoms with van der Waals surface area (Å²) in [6.45, 7) is 10.0. The van der Waals surface area contributed by atoms with Crippen LogP contribution in [0.25, 0.3) is 22.3 Å². The minimum Gasteiger partial charge on any atom is -0.508 e. The third-order valence-corrected chi connectivity index (χ3v) is 8.75. The number of nitrogens with zero attached hydrogens (tertiary/aromatic N) is 2. The van der Waals surface area contributed by atoms with Crippen LogP contribution in [0.3, 0.4) is 0 Å². The van der Waals surface area contributed by atoms with Gasteiger partial charge in [0.2, 0.25) is 0 Å². The van der Waals surface area contributed by atoms with E-state index in [-0.39, 0.29) is 23.7 Å². The Morgan fingerprint density at radius 3 is 2.74 bits per heavy atom. The van der Waals surface area contributed by atoms with Gasteiger partial charge >= 0.3 is 0 Å². The number of pyridine rings is 2. The predicted octanol–water partition coefficient (Wildman–Crippen LogP) is 3.90. The molecule has 178 valence electrons. The van der Waals surface area contributed by atoms with Crippen molar-refractivity contribution in [1.82, 2.24) is 9.55 Å². The highest BCUT2D eigenvalue weighted by Crippen LogP contribution is 2.43. The first-order chi connectivity index (χ1) is 16.0. The molecule has 0 aliphatic carbocycles. The molecule has 3 aromatic rings. The number of benzene rings is 1. The number of phenols is 1. The third kappa shape index (κ3) is 3.48. The van der Waals surface area contributed by atoms with Crippen LogP contribution in [0.5, 0.6) is 5.75 Å². The Kier molecular flexibility index (Phi) is 5.23. The Balaban J connectivity index is 1.72. The summed E-state index contributed by atoms with van der Waals surface area (Å²) in [4.78, 5) is 28.8. The Morgan fingerprint density at radius 1 is 1.26 bits per heavy atom. The summed E-state index contributed by atoms with van der Waals surface area (Å²) < 4.78 is 7.30. The fourth-order valence-electron chi connectivity index (χ4n) is 5.25. The lowest BCUT2D eigenvalue weighted by atomic mass is 9.84. The summed E-state index contributed by atoms with van der Waals surface area (Å²) in [5.74, 6) is 0.419. The molecule has 8 heteroatoms. The standard InChI is InChI=1S/C26H30N2O5Si/c1-5-26(31)15(2)33-14-20-21(26)12-23-24-19(13-28(23)25(20)30)17(7-6-10-34(3,4)32)18-11-16(29)8-9-22(18)27-24/h8-9,11-12,29,31-32H,2,5-7,10,13-14H2,1,3-4H3/t26-/m1/s1. The van der Waals surface area contributed by atoms with Crippen molar-refractivity contribution in [3.8, 4) is 17.1 Å². The van der Waals surface area contributed by atoms with Gasteiger partial charge in [-0.15, -0.1) is 0 Å². The summed E-state index contributed by atoms with van der Waals surface area (Å²) in [6, 6.07) is 7.75. The molecule has 5 rings (SSSR count). The maximum Gasteiger partial charge on any atom is 0.258 e. The average Bonchev–Trinajstić information content (AvgIpc) is 3.14. The maximum atomic E-state index is 13.5. The van der Waals surface area contributed by atoms with Crippen LogP contribution in [-0.2, 0) is 29.9 Å². The molecule has 0 fully saturated rings. The van der Waals surface area contributed by atoms with E-state index in [2.05, 4.69) is 6.58 Å². The second kappa shape index (κ2) is 7.80. The van der Waals surface area contributed by atoms with Gasteiger partial charge in [0, 0.05) is 16.5 Å².